The fourth-order valence-electron chi connectivity index (χ4n) is 7.00. The van der Waals surface area contributed by atoms with E-state index in [-0.39, 0.29) is 24.6 Å². The summed E-state index contributed by atoms with van der Waals surface area (Å²) in [6, 6.07) is 0. The minimum absolute atomic E-state index is 0.113. The maximum atomic E-state index is 6.27. The van der Waals surface area contributed by atoms with Gasteiger partial charge in [0.25, 0.3) is 0 Å². The average Bonchev–Trinajstić information content (AvgIpc) is 3.51. The molecule has 0 amide bonds. The second-order valence-corrected chi connectivity index (χ2v) is 14.7. The van der Waals surface area contributed by atoms with Crippen LogP contribution in [0, 0.1) is 0 Å². The SMILES string of the molecule is CCCCCCCCCCCCCCCCOC[C@H]1OC(OCCCCCCCCCCCCCCCC)[C@H]2OC(C)(C)O[C@H]21. The molecule has 268 valence electrons. The number of unbranched alkanes of at least 4 members (excludes halogenated alkanes) is 26. The predicted molar refractivity (Wildman–Crippen MR) is 190 cm³/mol. The van der Waals surface area contributed by atoms with Gasteiger partial charge >= 0.3 is 0 Å². The lowest BCUT2D eigenvalue weighted by Crippen LogP contribution is -2.33. The summed E-state index contributed by atoms with van der Waals surface area (Å²) in [5.74, 6) is -0.595. The van der Waals surface area contributed by atoms with Gasteiger partial charge in [-0.05, 0) is 26.7 Å². The first-order chi connectivity index (χ1) is 22.1. The summed E-state index contributed by atoms with van der Waals surface area (Å²) < 4.78 is 30.9. The normalized spacial score (nSPS) is 22.4. The van der Waals surface area contributed by atoms with Gasteiger partial charge in [-0.2, -0.15) is 0 Å². The summed E-state index contributed by atoms with van der Waals surface area (Å²) in [4.78, 5) is 0. The van der Waals surface area contributed by atoms with Crippen LogP contribution >= 0.6 is 0 Å². The van der Waals surface area contributed by atoms with Crippen LogP contribution in [0.15, 0.2) is 0 Å². The van der Waals surface area contributed by atoms with Crippen molar-refractivity contribution < 1.29 is 23.7 Å². The molecule has 5 nitrogen and oxygen atoms in total. The zero-order chi connectivity index (χ0) is 32.3. The third-order valence-corrected chi connectivity index (χ3v) is 9.81. The number of hydrogen-bond acceptors (Lipinski definition) is 5. The van der Waals surface area contributed by atoms with Gasteiger partial charge in [-0.15, -0.1) is 0 Å². The Labute approximate surface area is 281 Å². The summed E-state index contributed by atoms with van der Waals surface area (Å²) in [5, 5.41) is 0. The van der Waals surface area contributed by atoms with Crippen molar-refractivity contribution >= 4 is 0 Å². The summed E-state index contributed by atoms with van der Waals surface area (Å²) in [6.07, 6.45) is 37.6. The Bertz CT molecular complexity index is 640. The van der Waals surface area contributed by atoms with E-state index in [9.17, 15) is 0 Å². The van der Waals surface area contributed by atoms with E-state index in [1.54, 1.807) is 0 Å². The number of fused-ring (bicyclic) bond motifs is 1. The summed E-state index contributed by atoms with van der Waals surface area (Å²) in [6.45, 7) is 10.6. The molecule has 2 rings (SSSR count). The quantitative estimate of drug-likeness (QED) is 0.0669. The van der Waals surface area contributed by atoms with Crippen molar-refractivity contribution in [3.8, 4) is 0 Å². The lowest BCUT2D eigenvalue weighted by Gasteiger charge is -2.24. The van der Waals surface area contributed by atoms with E-state index in [1.165, 1.54) is 167 Å². The second kappa shape index (κ2) is 27.7. The van der Waals surface area contributed by atoms with Gasteiger partial charge in [-0.25, -0.2) is 0 Å². The molecule has 0 radical (unpaired) electrons. The van der Waals surface area contributed by atoms with Crippen LogP contribution in [0.1, 0.15) is 207 Å². The minimum Gasteiger partial charge on any atom is -0.379 e. The highest BCUT2D eigenvalue weighted by atomic mass is 16.8. The molecule has 1 unspecified atom stereocenters. The summed E-state index contributed by atoms with van der Waals surface area (Å²) >= 11 is 0. The molecule has 0 spiro atoms. The van der Waals surface area contributed by atoms with E-state index in [1.807, 2.05) is 13.8 Å². The van der Waals surface area contributed by atoms with Crippen molar-refractivity contribution in [3.63, 3.8) is 0 Å². The van der Waals surface area contributed by atoms with E-state index >= 15 is 0 Å². The van der Waals surface area contributed by atoms with Gasteiger partial charge in [0.2, 0.25) is 0 Å². The van der Waals surface area contributed by atoms with E-state index in [0.29, 0.717) is 6.61 Å². The standard InChI is InChI=1S/C40H78O5/c1-5-7-9-11-13-15-17-19-21-23-25-27-29-31-33-41-35-36-37-38(45-40(3,4)44-37)39(43-36)42-34-32-30-28-26-24-22-20-18-16-14-12-10-8-6-2/h36-39H,5-35H2,1-4H3/t36-,37+,38+,39?/m1/s1. The molecule has 0 aromatic carbocycles. The molecule has 2 saturated heterocycles. The number of hydrogen-bond donors (Lipinski definition) is 0. The Balaban J connectivity index is 1.42. The third kappa shape index (κ3) is 20.7. The molecule has 2 fully saturated rings. The van der Waals surface area contributed by atoms with Crippen LogP contribution in [-0.2, 0) is 23.7 Å². The van der Waals surface area contributed by atoms with Gasteiger partial charge in [0.1, 0.15) is 18.3 Å². The zero-order valence-electron chi connectivity index (χ0n) is 30.8. The smallest absolute Gasteiger partial charge is 0.187 e. The van der Waals surface area contributed by atoms with Crippen LogP contribution in [0.25, 0.3) is 0 Å². The third-order valence-electron chi connectivity index (χ3n) is 9.81. The van der Waals surface area contributed by atoms with Crippen molar-refractivity contribution in [2.75, 3.05) is 19.8 Å². The average molecular weight is 639 g/mol. The van der Waals surface area contributed by atoms with Crippen molar-refractivity contribution in [1.29, 1.82) is 0 Å². The number of rotatable bonds is 33. The molecule has 0 aromatic heterocycles. The number of ether oxygens (including phenoxy) is 5. The zero-order valence-corrected chi connectivity index (χ0v) is 30.8. The van der Waals surface area contributed by atoms with Crippen LogP contribution in [0.2, 0.25) is 0 Å². The molecule has 0 N–H and O–H groups in total. The van der Waals surface area contributed by atoms with Gasteiger partial charge in [-0.1, -0.05) is 181 Å². The van der Waals surface area contributed by atoms with E-state index in [4.69, 9.17) is 23.7 Å². The first-order valence-electron chi connectivity index (χ1n) is 20.3. The highest BCUT2D eigenvalue weighted by Crippen LogP contribution is 2.39. The molecule has 5 heteroatoms. The Hall–Kier alpha value is -0.200. The topological polar surface area (TPSA) is 46.2 Å². The van der Waals surface area contributed by atoms with Crippen LogP contribution in [0.4, 0.5) is 0 Å². The molecule has 0 bridgehead atoms. The fourth-order valence-corrected chi connectivity index (χ4v) is 7.00. The Morgan fingerprint density at radius 2 is 0.800 bits per heavy atom. The van der Waals surface area contributed by atoms with Crippen LogP contribution in [-0.4, -0.2) is 50.2 Å². The van der Waals surface area contributed by atoms with Gasteiger partial charge < -0.3 is 23.7 Å². The van der Waals surface area contributed by atoms with E-state index in [2.05, 4.69) is 13.8 Å². The van der Waals surface area contributed by atoms with Gasteiger partial charge in [-0.3, -0.25) is 0 Å². The Kier molecular flexibility index (Phi) is 25.2. The van der Waals surface area contributed by atoms with E-state index < -0.39 is 5.79 Å². The van der Waals surface area contributed by atoms with Gasteiger partial charge in [0.15, 0.2) is 12.1 Å². The lowest BCUT2D eigenvalue weighted by atomic mass is 10.0. The monoisotopic (exact) mass is 639 g/mol. The fraction of sp³-hybridized carbons (Fsp3) is 1.00. The van der Waals surface area contributed by atoms with Crippen molar-refractivity contribution in [1.82, 2.24) is 0 Å². The molecule has 0 saturated carbocycles. The summed E-state index contributed by atoms with van der Waals surface area (Å²) in [7, 11) is 0. The molecule has 45 heavy (non-hydrogen) atoms. The highest BCUT2D eigenvalue weighted by molar-refractivity contribution is 4.95. The van der Waals surface area contributed by atoms with Crippen LogP contribution < -0.4 is 0 Å². The molecule has 2 heterocycles. The molecule has 2 aliphatic heterocycles. The molecule has 4 atom stereocenters. The molecule has 0 aromatic rings. The molecule has 0 aliphatic carbocycles. The molecular formula is C40H78O5. The first kappa shape index (κ1) is 41.0. The maximum absolute atomic E-state index is 6.27. The molecular weight excluding hydrogens is 560 g/mol. The van der Waals surface area contributed by atoms with Crippen LogP contribution in [0.3, 0.4) is 0 Å². The van der Waals surface area contributed by atoms with Crippen LogP contribution in [0.5, 0.6) is 0 Å². The highest BCUT2D eigenvalue weighted by Gasteiger charge is 2.55. The summed E-state index contributed by atoms with van der Waals surface area (Å²) in [5.41, 5.74) is 0. The Morgan fingerprint density at radius 1 is 0.444 bits per heavy atom. The van der Waals surface area contributed by atoms with Crippen molar-refractivity contribution in [2.24, 2.45) is 0 Å². The predicted octanol–water partition coefficient (Wildman–Crippen LogP) is 12.2. The maximum Gasteiger partial charge on any atom is 0.187 e. The van der Waals surface area contributed by atoms with Gasteiger partial charge in [0.05, 0.1) is 6.61 Å². The minimum atomic E-state index is -0.595. The second-order valence-electron chi connectivity index (χ2n) is 14.7. The van der Waals surface area contributed by atoms with E-state index in [0.717, 1.165) is 26.1 Å². The van der Waals surface area contributed by atoms with Crippen molar-refractivity contribution in [3.05, 3.63) is 0 Å². The largest absolute Gasteiger partial charge is 0.379 e. The van der Waals surface area contributed by atoms with Gasteiger partial charge in [0, 0.05) is 13.2 Å². The molecule has 2 aliphatic rings. The Morgan fingerprint density at radius 3 is 1.22 bits per heavy atom. The first-order valence-corrected chi connectivity index (χ1v) is 20.3. The van der Waals surface area contributed by atoms with Crippen molar-refractivity contribution in [2.45, 2.75) is 238 Å². The lowest BCUT2D eigenvalue weighted by molar-refractivity contribution is -0.238.